The Balaban J connectivity index is 2.55. The van der Waals surface area contributed by atoms with Crippen LogP contribution in [0.4, 0.5) is 0 Å². The molecule has 0 amide bonds. The fraction of sp³-hybridized carbons (Fsp3) is 0.182. The molecular weight excluding hydrogens is 240 g/mol. The molecule has 0 aliphatic carbocycles. The summed E-state index contributed by atoms with van der Waals surface area (Å²) >= 11 is 0. The number of nitrogens with one attached hydrogen (secondary N) is 1. The van der Waals surface area contributed by atoms with E-state index in [-0.39, 0.29) is 12.1 Å². The Morgan fingerprint density at radius 1 is 1.44 bits per heavy atom. The largest absolute Gasteiger partial charge is 0.478 e. The van der Waals surface area contributed by atoms with Crippen LogP contribution in [0.5, 0.6) is 0 Å². The van der Waals surface area contributed by atoms with E-state index in [1.807, 2.05) is 0 Å². The van der Waals surface area contributed by atoms with E-state index in [2.05, 4.69) is 9.72 Å². The number of carbonyl (C=O) groups excluding carboxylic acids is 1. The van der Waals surface area contributed by atoms with Crippen LogP contribution in [0.25, 0.3) is 11.0 Å². The van der Waals surface area contributed by atoms with Gasteiger partial charge in [0.05, 0.1) is 23.7 Å². The first kappa shape index (κ1) is 11.9. The van der Waals surface area contributed by atoms with E-state index >= 15 is 0 Å². The second-order valence-electron chi connectivity index (χ2n) is 3.63. The average molecular weight is 250 g/mol. The Kier molecular flexibility index (Phi) is 2.88. The molecule has 0 fully saturated rings. The molecule has 18 heavy (non-hydrogen) atoms. The van der Waals surface area contributed by atoms with Gasteiger partial charge in [0.1, 0.15) is 6.54 Å². The zero-order valence-corrected chi connectivity index (χ0v) is 9.47. The maximum atomic E-state index is 11.6. The zero-order chi connectivity index (χ0) is 13.3. The first-order valence-corrected chi connectivity index (χ1v) is 5.05. The van der Waals surface area contributed by atoms with Crippen LogP contribution in [0.15, 0.2) is 23.0 Å². The van der Waals surface area contributed by atoms with Gasteiger partial charge in [-0.05, 0) is 18.2 Å². The summed E-state index contributed by atoms with van der Waals surface area (Å²) in [6.45, 7) is -0.220. The van der Waals surface area contributed by atoms with E-state index < -0.39 is 17.6 Å². The second kappa shape index (κ2) is 4.36. The first-order chi connectivity index (χ1) is 8.52. The Bertz CT molecular complexity index is 682. The SMILES string of the molecule is COC(=O)Cn1c(=O)[nH]c2cc(C(=O)O)ccc21. The van der Waals surface area contributed by atoms with Gasteiger partial charge in [-0.15, -0.1) is 0 Å². The third-order valence-corrected chi connectivity index (χ3v) is 2.54. The number of H-pyrrole nitrogens is 1. The third kappa shape index (κ3) is 1.97. The van der Waals surface area contributed by atoms with Crippen molar-refractivity contribution in [3.63, 3.8) is 0 Å². The minimum Gasteiger partial charge on any atom is -0.478 e. The lowest BCUT2D eigenvalue weighted by molar-refractivity contribution is -0.141. The minimum atomic E-state index is -1.08. The summed E-state index contributed by atoms with van der Waals surface area (Å²) in [7, 11) is 1.23. The summed E-state index contributed by atoms with van der Waals surface area (Å²) in [6.07, 6.45) is 0. The normalized spacial score (nSPS) is 10.5. The number of carboxylic acid groups (broad SMARTS) is 1. The van der Waals surface area contributed by atoms with Crippen LogP contribution in [-0.2, 0) is 16.1 Å². The van der Waals surface area contributed by atoms with Gasteiger partial charge in [0, 0.05) is 0 Å². The molecule has 1 aromatic heterocycles. The van der Waals surface area contributed by atoms with Gasteiger partial charge in [-0.2, -0.15) is 0 Å². The Morgan fingerprint density at radius 3 is 2.78 bits per heavy atom. The summed E-state index contributed by atoms with van der Waals surface area (Å²) in [5.41, 5.74) is 0.395. The number of methoxy groups -OCH3 is 1. The van der Waals surface area contributed by atoms with Gasteiger partial charge < -0.3 is 14.8 Å². The number of nitrogens with zero attached hydrogens (tertiary/aromatic N) is 1. The lowest BCUT2D eigenvalue weighted by Gasteiger charge is -2.01. The fourth-order valence-corrected chi connectivity index (χ4v) is 1.65. The maximum absolute atomic E-state index is 11.6. The fourth-order valence-electron chi connectivity index (χ4n) is 1.65. The monoisotopic (exact) mass is 250 g/mol. The number of rotatable bonds is 3. The van der Waals surface area contributed by atoms with Crippen molar-refractivity contribution < 1.29 is 19.4 Å². The Labute approximate surface area is 101 Å². The van der Waals surface area contributed by atoms with Gasteiger partial charge in [-0.25, -0.2) is 9.59 Å². The first-order valence-electron chi connectivity index (χ1n) is 5.05. The number of benzene rings is 1. The number of hydrogen-bond acceptors (Lipinski definition) is 4. The lowest BCUT2D eigenvalue weighted by atomic mass is 10.2. The molecule has 7 heteroatoms. The number of imidazole rings is 1. The van der Waals surface area contributed by atoms with Gasteiger partial charge in [0.15, 0.2) is 0 Å². The average Bonchev–Trinajstić information content (AvgIpc) is 2.64. The Hall–Kier alpha value is -2.57. The molecule has 0 unspecified atom stereocenters. The predicted octanol–water partition coefficient (Wildman–Crippen LogP) is 0.201. The van der Waals surface area contributed by atoms with Gasteiger partial charge in [0.25, 0.3) is 0 Å². The van der Waals surface area contributed by atoms with Crippen molar-refractivity contribution in [2.45, 2.75) is 6.54 Å². The number of esters is 1. The van der Waals surface area contributed by atoms with E-state index in [4.69, 9.17) is 5.11 Å². The molecule has 0 bridgehead atoms. The highest BCUT2D eigenvalue weighted by atomic mass is 16.5. The predicted molar refractivity (Wildman–Crippen MR) is 61.5 cm³/mol. The number of carboxylic acids is 1. The van der Waals surface area contributed by atoms with Crippen molar-refractivity contribution in [3.8, 4) is 0 Å². The van der Waals surface area contributed by atoms with Crippen LogP contribution < -0.4 is 5.69 Å². The summed E-state index contributed by atoms with van der Waals surface area (Å²) in [5.74, 6) is -1.64. The summed E-state index contributed by atoms with van der Waals surface area (Å²) in [5, 5.41) is 8.83. The van der Waals surface area contributed by atoms with Gasteiger partial charge >= 0.3 is 17.6 Å². The van der Waals surface area contributed by atoms with Gasteiger partial charge in [-0.3, -0.25) is 9.36 Å². The topological polar surface area (TPSA) is 101 Å². The number of carbonyl (C=O) groups is 2. The highest BCUT2D eigenvalue weighted by molar-refractivity contribution is 5.92. The number of aromatic amines is 1. The molecule has 94 valence electrons. The van der Waals surface area contributed by atoms with Crippen LogP contribution in [0.3, 0.4) is 0 Å². The number of ether oxygens (including phenoxy) is 1. The van der Waals surface area contributed by atoms with Crippen LogP contribution in [0, 0.1) is 0 Å². The van der Waals surface area contributed by atoms with Crippen LogP contribution >= 0.6 is 0 Å². The standard InChI is InChI=1S/C11H10N2O5/c1-18-9(14)5-13-8-3-2-6(10(15)16)4-7(8)12-11(13)17/h2-4H,5H2,1H3,(H,12,17)(H,15,16). The molecule has 0 radical (unpaired) electrons. The molecule has 0 spiro atoms. The molecule has 7 nitrogen and oxygen atoms in total. The molecule has 0 saturated heterocycles. The highest BCUT2D eigenvalue weighted by Gasteiger charge is 2.12. The number of hydrogen-bond donors (Lipinski definition) is 2. The van der Waals surface area contributed by atoms with Crippen molar-refractivity contribution >= 4 is 23.0 Å². The van der Waals surface area contributed by atoms with E-state index in [0.29, 0.717) is 11.0 Å². The molecule has 0 aliphatic rings. The zero-order valence-electron chi connectivity index (χ0n) is 9.47. The van der Waals surface area contributed by atoms with E-state index in [9.17, 15) is 14.4 Å². The van der Waals surface area contributed by atoms with Crippen LogP contribution in [0.1, 0.15) is 10.4 Å². The van der Waals surface area contributed by atoms with Crippen LogP contribution in [0.2, 0.25) is 0 Å². The lowest BCUT2D eigenvalue weighted by Crippen LogP contribution is -2.22. The molecule has 1 aromatic carbocycles. The maximum Gasteiger partial charge on any atom is 0.335 e. The molecule has 2 aromatic rings. The molecule has 1 heterocycles. The molecule has 0 atom stereocenters. The Morgan fingerprint density at radius 2 is 2.17 bits per heavy atom. The van der Waals surface area contributed by atoms with Crippen molar-refractivity contribution in [1.29, 1.82) is 0 Å². The molecule has 2 rings (SSSR count). The quantitative estimate of drug-likeness (QED) is 0.758. The van der Waals surface area contributed by atoms with E-state index in [0.717, 1.165) is 0 Å². The van der Waals surface area contributed by atoms with E-state index in [1.165, 1.54) is 29.9 Å². The van der Waals surface area contributed by atoms with Crippen molar-refractivity contribution in [1.82, 2.24) is 9.55 Å². The smallest absolute Gasteiger partial charge is 0.335 e. The van der Waals surface area contributed by atoms with Crippen molar-refractivity contribution in [2.24, 2.45) is 0 Å². The number of aromatic carboxylic acids is 1. The van der Waals surface area contributed by atoms with Crippen molar-refractivity contribution in [3.05, 3.63) is 34.2 Å². The molecule has 2 N–H and O–H groups in total. The summed E-state index contributed by atoms with van der Waals surface area (Å²) in [6, 6.07) is 4.18. The molecule has 0 aliphatic heterocycles. The molecular formula is C11H10N2O5. The van der Waals surface area contributed by atoms with E-state index in [1.54, 1.807) is 0 Å². The second-order valence-corrected chi connectivity index (χ2v) is 3.63. The molecule has 0 saturated carbocycles. The van der Waals surface area contributed by atoms with Crippen LogP contribution in [-0.4, -0.2) is 33.7 Å². The summed E-state index contributed by atoms with van der Waals surface area (Å²) in [4.78, 5) is 36.1. The highest BCUT2D eigenvalue weighted by Crippen LogP contribution is 2.13. The van der Waals surface area contributed by atoms with Crippen molar-refractivity contribution in [2.75, 3.05) is 7.11 Å². The summed E-state index contributed by atoms with van der Waals surface area (Å²) < 4.78 is 5.67. The number of fused-ring (bicyclic) bond motifs is 1. The number of aromatic nitrogens is 2. The van der Waals surface area contributed by atoms with Gasteiger partial charge in [-0.1, -0.05) is 0 Å². The van der Waals surface area contributed by atoms with Gasteiger partial charge in [0.2, 0.25) is 0 Å². The third-order valence-electron chi connectivity index (χ3n) is 2.54. The minimum absolute atomic E-state index is 0.0639.